The van der Waals surface area contributed by atoms with Crippen LogP contribution in [0.5, 0.6) is 0 Å². The zero-order chi connectivity index (χ0) is 14.0. The largest absolute Gasteiger partial charge is 0.349 e. The molecule has 2 nitrogen and oxygen atoms in total. The van der Waals surface area contributed by atoms with Gasteiger partial charge in [-0.2, -0.15) is 0 Å². The fourth-order valence-electron chi connectivity index (χ4n) is 1.22. The molecule has 0 saturated heterocycles. The molecule has 0 aromatic heterocycles. The van der Waals surface area contributed by atoms with Gasteiger partial charge in [-0.05, 0) is 12.8 Å². The van der Waals surface area contributed by atoms with Gasteiger partial charge in [0.1, 0.15) is 5.56 Å². The van der Waals surface area contributed by atoms with Gasteiger partial charge < -0.3 is 5.32 Å². The Morgan fingerprint density at radius 1 is 1.06 bits per heavy atom. The molecule has 1 atom stereocenters. The fourth-order valence-corrected chi connectivity index (χ4v) is 1.22. The molecule has 0 heterocycles. The molecule has 1 rings (SSSR count). The first kappa shape index (κ1) is 14.5. The number of carbonyl (C=O) groups excluding carboxylic acids is 1. The highest BCUT2D eigenvalue weighted by molar-refractivity contribution is 5.95. The van der Waals surface area contributed by atoms with E-state index in [9.17, 15) is 22.4 Å². The molecule has 0 bridgehead atoms. The summed E-state index contributed by atoms with van der Waals surface area (Å²) in [7, 11) is 0. The van der Waals surface area contributed by atoms with Crippen LogP contribution in [0.15, 0.2) is 6.07 Å². The lowest BCUT2D eigenvalue weighted by Crippen LogP contribution is -2.37. The Labute approximate surface area is 102 Å². The van der Waals surface area contributed by atoms with Gasteiger partial charge in [-0.3, -0.25) is 4.79 Å². The van der Waals surface area contributed by atoms with Crippen molar-refractivity contribution < 1.29 is 22.4 Å². The van der Waals surface area contributed by atoms with E-state index in [1.165, 1.54) is 0 Å². The smallest absolute Gasteiger partial charge is 0.257 e. The van der Waals surface area contributed by atoms with Crippen LogP contribution in [0, 0.1) is 29.2 Å². The molecule has 0 aliphatic heterocycles. The average Bonchev–Trinajstić information content (AvgIpc) is 2.26. The summed E-state index contributed by atoms with van der Waals surface area (Å²) in [5, 5.41) is 2.28. The van der Waals surface area contributed by atoms with Crippen molar-refractivity contribution in [2.24, 2.45) is 5.92 Å². The van der Waals surface area contributed by atoms with Crippen LogP contribution in [0.25, 0.3) is 0 Å². The molecule has 0 spiro atoms. The van der Waals surface area contributed by atoms with Gasteiger partial charge in [-0.1, -0.05) is 13.8 Å². The zero-order valence-electron chi connectivity index (χ0n) is 10.2. The number of benzene rings is 1. The molecule has 0 unspecified atom stereocenters. The van der Waals surface area contributed by atoms with E-state index >= 15 is 0 Å². The Balaban J connectivity index is 3.13. The highest BCUT2D eigenvalue weighted by Crippen LogP contribution is 2.19. The maximum Gasteiger partial charge on any atom is 0.257 e. The molecule has 0 saturated carbocycles. The van der Waals surface area contributed by atoms with Crippen LogP contribution in [0.1, 0.15) is 31.1 Å². The summed E-state index contributed by atoms with van der Waals surface area (Å²) in [6, 6.07) is -0.324. The minimum atomic E-state index is -1.69. The third-order valence-electron chi connectivity index (χ3n) is 2.70. The Kier molecular flexibility index (Phi) is 4.32. The number of rotatable bonds is 3. The maximum absolute atomic E-state index is 13.3. The lowest BCUT2D eigenvalue weighted by molar-refractivity contribution is 0.0919. The number of amides is 1. The van der Waals surface area contributed by atoms with E-state index < -0.39 is 34.7 Å². The molecule has 0 aliphatic carbocycles. The normalized spacial score (nSPS) is 12.7. The lowest BCUT2D eigenvalue weighted by Gasteiger charge is -2.18. The van der Waals surface area contributed by atoms with E-state index in [0.29, 0.717) is 0 Å². The zero-order valence-corrected chi connectivity index (χ0v) is 10.2. The van der Waals surface area contributed by atoms with E-state index in [2.05, 4.69) is 5.32 Å². The van der Waals surface area contributed by atoms with Gasteiger partial charge in [0.2, 0.25) is 0 Å². The molecule has 1 aromatic rings. The Bertz CT molecular complexity index is 447. The van der Waals surface area contributed by atoms with Crippen LogP contribution in [0.3, 0.4) is 0 Å². The molecule has 6 heteroatoms. The van der Waals surface area contributed by atoms with Crippen LogP contribution in [-0.4, -0.2) is 11.9 Å². The molecule has 0 fully saturated rings. The molecule has 1 aromatic carbocycles. The first-order valence-electron chi connectivity index (χ1n) is 5.39. The van der Waals surface area contributed by atoms with Gasteiger partial charge in [0, 0.05) is 12.1 Å². The van der Waals surface area contributed by atoms with Crippen LogP contribution >= 0.6 is 0 Å². The standard InChI is InChI=1S/C12H13F4NO/c1-5(2)6(3)17-12(18)9-10(15)7(13)4-8(14)11(9)16/h4-6H,1-3H3,(H,17,18)/t6-/m1/s1. The Morgan fingerprint density at radius 2 is 1.50 bits per heavy atom. The van der Waals surface area contributed by atoms with E-state index in [-0.39, 0.29) is 18.0 Å². The summed E-state index contributed by atoms with van der Waals surface area (Å²) >= 11 is 0. The number of nitrogens with one attached hydrogen (secondary N) is 1. The summed E-state index contributed by atoms with van der Waals surface area (Å²) in [6.45, 7) is 5.18. The minimum Gasteiger partial charge on any atom is -0.349 e. The number of hydrogen-bond acceptors (Lipinski definition) is 1. The van der Waals surface area contributed by atoms with Gasteiger partial charge in [-0.15, -0.1) is 0 Å². The van der Waals surface area contributed by atoms with Crippen molar-refractivity contribution in [3.05, 3.63) is 34.9 Å². The van der Waals surface area contributed by atoms with Crippen molar-refractivity contribution in [1.82, 2.24) is 5.32 Å². The van der Waals surface area contributed by atoms with Gasteiger partial charge in [-0.25, -0.2) is 17.6 Å². The van der Waals surface area contributed by atoms with Crippen LogP contribution < -0.4 is 5.32 Å². The first-order chi connectivity index (χ1) is 8.25. The molecular formula is C12H13F4NO. The first-order valence-corrected chi connectivity index (χ1v) is 5.39. The summed E-state index contributed by atoms with van der Waals surface area (Å²) in [6.07, 6.45) is 0. The van der Waals surface area contributed by atoms with Crippen molar-refractivity contribution >= 4 is 5.91 Å². The average molecular weight is 263 g/mol. The van der Waals surface area contributed by atoms with Gasteiger partial charge in [0.25, 0.3) is 5.91 Å². The summed E-state index contributed by atoms with van der Waals surface area (Å²) in [4.78, 5) is 11.6. The van der Waals surface area contributed by atoms with E-state index in [1.807, 2.05) is 0 Å². The quantitative estimate of drug-likeness (QED) is 0.659. The van der Waals surface area contributed by atoms with Crippen molar-refractivity contribution in [2.45, 2.75) is 26.8 Å². The number of carbonyl (C=O) groups is 1. The predicted molar refractivity (Wildman–Crippen MR) is 58.0 cm³/mol. The van der Waals surface area contributed by atoms with E-state index in [4.69, 9.17) is 0 Å². The molecule has 18 heavy (non-hydrogen) atoms. The van der Waals surface area contributed by atoms with Gasteiger partial charge in [0.15, 0.2) is 23.3 Å². The predicted octanol–water partition coefficient (Wildman–Crippen LogP) is 3.02. The summed E-state index contributed by atoms with van der Waals surface area (Å²) in [5.74, 6) is -7.75. The SMILES string of the molecule is CC(C)[C@@H](C)NC(=O)c1c(F)c(F)cc(F)c1F. The summed E-state index contributed by atoms with van der Waals surface area (Å²) < 4.78 is 52.4. The maximum atomic E-state index is 13.3. The van der Waals surface area contributed by atoms with E-state index in [1.54, 1.807) is 20.8 Å². The van der Waals surface area contributed by atoms with Gasteiger partial charge in [0.05, 0.1) is 0 Å². The second-order valence-corrected chi connectivity index (χ2v) is 4.35. The van der Waals surface area contributed by atoms with Gasteiger partial charge >= 0.3 is 0 Å². The number of halogens is 4. The Hall–Kier alpha value is -1.59. The molecular weight excluding hydrogens is 250 g/mol. The van der Waals surface area contributed by atoms with E-state index in [0.717, 1.165) is 0 Å². The number of hydrogen-bond donors (Lipinski definition) is 1. The Morgan fingerprint density at radius 3 is 1.89 bits per heavy atom. The lowest BCUT2D eigenvalue weighted by atomic mass is 10.1. The second kappa shape index (κ2) is 5.37. The van der Waals surface area contributed by atoms with Crippen LogP contribution in [0.2, 0.25) is 0 Å². The highest BCUT2D eigenvalue weighted by Gasteiger charge is 2.25. The second-order valence-electron chi connectivity index (χ2n) is 4.35. The molecule has 100 valence electrons. The van der Waals surface area contributed by atoms with Crippen molar-refractivity contribution in [2.75, 3.05) is 0 Å². The molecule has 1 amide bonds. The fraction of sp³-hybridized carbons (Fsp3) is 0.417. The molecule has 0 aliphatic rings. The summed E-state index contributed by atoms with van der Waals surface area (Å²) in [5.41, 5.74) is -1.24. The van der Waals surface area contributed by atoms with Crippen molar-refractivity contribution in [1.29, 1.82) is 0 Å². The van der Waals surface area contributed by atoms with Crippen molar-refractivity contribution in [3.8, 4) is 0 Å². The topological polar surface area (TPSA) is 29.1 Å². The molecule has 0 radical (unpaired) electrons. The van der Waals surface area contributed by atoms with Crippen LogP contribution in [-0.2, 0) is 0 Å². The molecule has 1 N–H and O–H groups in total. The van der Waals surface area contributed by atoms with Crippen molar-refractivity contribution in [3.63, 3.8) is 0 Å². The minimum absolute atomic E-state index is 0.0125. The third-order valence-corrected chi connectivity index (χ3v) is 2.70. The third kappa shape index (κ3) is 2.80. The monoisotopic (exact) mass is 263 g/mol. The van der Waals surface area contributed by atoms with Crippen LogP contribution in [0.4, 0.5) is 17.6 Å². The highest BCUT2D eigenvalue weighted by atomic mass is 19.2.